The molecule has 4 atom stereocenters. The van der Waals surface area contributed by atoms with E-state index in [1.165, 1.54) is 6.08 Å². The lowest BCUT2D eigenvalue weighted by atomic mass is 10.2. The molecule has 1 amide bonds. The molecule has 1 unspecified atom stereocenters. The Morgan fingerprint density at radius 3 is 3.09 bits per heavy atom. The number of rotatable bonds is 2. The van der Waals surface area contributed by atoms with E-state index in [1.54, 1.807) is 0 Å². The Bertz CT molecular complexity index is 239. The highest BCUT2D eigenvalue weighted by Crippen LogP contribution is 2.75. The Morgan fingerprint density at radius 1 is 1.82 bits per heavy atom. The molecule has 4 aliphatic rings. The summed E-state index contributed by atoms with van der Waals surface area (Å²) in [6.07, 6.45) is 1.35. The van der Waals surface area contributed by atoms with Crippen LogP contribution < -0.4 is 10.6 Å². The minimum absolute atomic E-state index is 0.0244. The van der Waals surface area contributed by atoms with E-state index < -0.39 is 0 Å². The zero-order valence-corrected chi connectivity index (χ0v) is 6.13. The molecule has 0 aromatic rings. The van der Waals surface area contributed by atoms with Crippen LogP contribution in [-0.4, -0.2) is 24.0 Å². The topological polar surface area (TPSA) is 41.1 Å². The molecule has 4 fully saturated rings. The van der Waals surface area contributed by atoms with Gasteiger partial charge in [0, 0.05) is 24.4 Å². The minimum atomic E-state index is -0.0244. The van der Waals surface area contributed by atoms with Gasteiger partial charge in [0.15, 0.2) is 0 Å². The molecule has 2 bridgehead atoms. The van der Waals surface area contributed by atoms with E-state index in [-0.39, 0.29) is 11.4 Å². The summed E-state index contributed by atoms with van der Waals surface area (Å²) in [5.74, 6) is 1.46. The number of piperidine rings is 1. The number of hydrogen-bond donors (Lipinski definition) is 2. The molecular formula is C8H10N2O. The summed E-state index contributed by atoms with van der Waals surface area (Å²) in [6, 6.07) is 0.594. The lowest BCUT2D eigenvalue weighted by molar-refractivity contribution is -0.117. The van der Waals surface area contributed by atoms with Gasteiger partial charge in [-0.05, 0) is 6.08 Å². The fourth-order valence-electron chi connectivity index (χ4n) is 2.66. The van der Waals surface area contributed by atoms with Gasteiger partial charge in [-0.1, -0.05) is 6.58 Å². The van der Waals surface area contributed by atoms with Crippen molar-refractivity contribution in [3.8, 4) is 0 Å². The summed E-state index contributed by atoms with van der Waals surface area (Å²) in [5, 5.41) is 6.35. The van der Waals surface area contributed by atoms with Gasteiger partial charge in [0.1, 0.15) is 0 Å². The van der Waals surface area contributed by atoms with E-state index in [0.29, 0.717) is 6.04 Å². The third-order valence-electron chi connectivity index (χ3n) is 3.34. The molecular weight excluding hydrogens is 140 g/mol. The summed E-state index contributed by atoms with van der Waals surface area (Å²) in [7, 11) is 0. The molecule has 0 aromatic carbocycles. The average molecular weight is 150 g/mol. The Hall–Kier alpha value is -0.830. The monoisotopic (exact) mass is 150 g/mol. The maximum Gasteiger partial charge on any atom is 0.243 e. The van der Waals surface area contributed by atoms with Crippen molar-refractivity contribution in [2.45, 2.75) is 11.6 Å². The van der Waals surface area contributed by atoms with Gasteiger partial charge in [-0.2, -0.15) is 0 Å². The second-order valence-electron chi connectivity index (χ2n) is 3.64. The van der Waals surface area contributed by atoms with Gasteiger partial charge in [-0.25, -0.2) is 0 Å². The Labute approximate surface area is 64.8 Å². The minimum Gasteiger partial charge on any atom is -0.345 e. The number of fused-ring (bicyclic) bond motifs is 1. The summed E-state index contributed by atoms with van der Waals surface area (Å²) in [4.78, 5) is 11.0. The SMILES string of the molecule is C=CC(=O)N[C@@]12C3NC[C@H]1[C@@H]32. The number of amides is 1. The molecule has 4 rings (SSSR count). The van der Waals surface area contributed by atoms with E-state index in [9.17, 15) is 4.79 Å². The number of nitrogens with one attached hydrogen (secondary N) is 2. The van der Waals surface area contributed by atoms with Crippen LogP contribution in [0.15, 0.2) is 12.7 Å². The Morgan fingerprint density at radius 2 is 2.64 bits per heavy atom. The van der Waals surface area contributed by atoms with Crippen molar-refractivity contribution in [3.05, 3.63) is 12.7 Å². The van der Waals surface area contributed by atoms with Crippen molar-refractivity contribution >= 4 is 5.91 Å². The third kappa shape index (κ3) is 0.428. The molecule has 2 aliphatic carbocycles. The van der Waals surface area contributed by atoms with Crippen molar-refractivity contribution in [2.24, 2.45) is 11.8 Å². The lowest BCUT2D eigenvalue weighted by Gasteiger charge is -2.07. The molecule has 3 nitrogen and oxygen atoms in total. The predicted octanol–water partition coefficient (Wildman–Crippen LogP) is -0.741. The largest absolute Gasteiger partial charge is 0.345 e. The normalized spacial score (nSPS) is 54.7. The van der Waals surface area contributed by atoms with E-state index in [1.807, 2.05) is 0 Å². The van der Waals surface area contributed by atoms with Crippen LogP contribution in [0.4, 0.5) is 0 Å². The average Bonchev–Trinajstić information content (AvgIpc) is 2.65. The van der Waals surface area contributed by atoms with Crippen LogP contribution in [0.25, 0.3) is 0 Å². The predicted molar refractivity (Wildman–Crippen MR) is 39.8 cm³/mol. The molecule has 2 N–H and O–H groups in total. The van der Waals surface area contributed by atoms with Crippen LogP contribution in [0, 0.1) is 11.8 Å². The molecule has 0 radical (unpaired) electrons. The van der Waals surface area contributed by atoms with Crippen molar-refractivity contribution in [1.29, 1.82) is 0 Å². The maximum atomic E-state index is 11.0. The Balaban J connectivity index is 1.75. The zero-order chi connectivity index (χ0) is 7.64. The summed E-state index contributed by atoms with van der Waals surface area (Å²) in [5.41, 5.74) is 0.186. The van der Waals surface area contributed by atoms with Crippen LogP contribution in [0.2, 0.25) is 0 Å². The second kappa shape index (κ2) is 1.37. The fourth-order valence-corrected chi connectivity index (χ4v) is 2.66. The first-order valence-electron chi connectivity index (χ1n) is 3.98. The molecule has 2 heterocycles. The van der Waals surface area contributed by atoms with Crippen LogP contribution in [0.1, 0.15) is 0 Å². The standard InChI is InChI=1S/C8H10N2O/c1-2-5(11)10-8-4-3-9-7(8)6(4)8/h2,4,6-7,9H,1,3H2,(H,10,11)/t4-,6-,7?,8-/m0/s1. The summed E-state index contributed by atoms with van der Waals surface area (Å²) in [6.45, 7) is 4.52. The van der Waals surface area contributed by atoms with Gasteiger partial charge in [0.05, 0.1) is 5.54 Å². The van der Waals surface area contributed by atoms with E-state index in [0.717, 1.165) is 18.4 Å². The van der Waals surface area contributed by atoms with Crippen LogP contribution in [0.3, 0.4) is 0 Å². The fraction of sp³-hybridized carbons (Fsp3) is 0.625. The van der Waals surface area contributed by atoms with Gasteiger partial charge in [-0.15, -0.1) is 0 Å². The molecule has 2 aliphatic heterocycles. The lowest BCUT2D eigenvalue weighted by Crippen LogP contribution is -2.35. The van der Waals surface area contributed by atoms with Gasteiger partial charge < -0.3 is 10.6 Å². The van der Waals surface area contributed by atoms with Gasteiger partial charge in [-0.3, -0.25) is 4.79 Å². The van der Waals surface area contributed by atoms with Gasteiger partial charge in [0.25, 0.3) is 0 Å². The highest BCUT2D eigenvalue weighted by Gasteiger charge is 2.90. The first kappa shape index (κ1) is 5.77. The molecule has 11 heavy (non-hydrogen) atoms. The third-order valence-corrected chi connectivity index (χ3v) is 3.34. The molecule has 58 valence electrons. The van der Waals surface area contributed by atoms with Crippen molar-refractivity contribution in [3.63, 3.8) is 0 Å². The van der Waals surface area contributed by atoms with E-state index >= 15 is 0 Å². The molecule has 0 aromatic heterocycles. The highest BCUT2D eigenvalue weighted by molar-refractivity contribution is 5.89. The van der Waals surface area contributed by atoms with Crippen molar-refractivity contribution in [2.75, 3.05) is 6.54 Å². The Kier molecular flexibility index (Phi) is 0.717. The van der Waals surface area contributed by atoms with Crippen molar-refractivity contribution in [1.82, 2.24) is 10.6 Å². The first-order chi connectivity index (χ1) is 5.30. The number of carbonyl (C=O) groups is 1. The molecule has 2 saturated carbocycles. The van der Waals surface area contributed by atoms with Gasteiger partial charge in [0.2, 0.25) is 5.91 Å². The van der Waals surface area contributed by atoms with Gasteiger partial charge >= 0.3 is 0 Å². The molecule has 0 spiro atoms. The second-order valence-corrected chi connectivity index (χ2v) is 3.64. The number of carbonyl (C=O) groups excluding carboxylic acids is 1. The zero-order valence-electron chi connectivity index (χ0n) is 6.13. The van der Waals surface area contributed by atoms with Crippen LogP contribution >= 0.6 is 0 Å². The molecule has 3 heteroatoms. The summed E-state index contributed by atoms with van der Waals surface area (Å²) >= 11 is 0. The molecule has 2 saturated heterocycles. The number of hydrogen-bond acceptors (Lipinski definition) is 2. The quantitative estimate of drug-likeness (QED) is 0.509. The van der Waals surface area contributed by atoms with Crippen LogP contribution in [-0.2, 0) is 4.79 Å². The summed E-state index contributed by atoms with van der Waals surface area (Å²) < 4.78 is 0. The smallest absolute Gasteiger partial charge is 0.243 e. The first-order valence-corrected chi connectivity index (χ1v) is 3.98. The van der Waals surface area contributed by atoms with E-state index in [4.69, 9.17) is 0 Å². The van der Waals surface area contributed by atoms with Crippen molar-refractivity contribution < 1.29 is 4.79 Å². The van der Waals surface area contributed by atoms with E-state index in [2.05, 4.69) is 17.2 Å². The maximum absolute atomic E-state index is 11.0. The highest BCUT2D eigenvalue weighted by atomic mass is 16.1. The van der Waals surface area contributed by atoms with Crippen LogP contribution in [0.5, 0.6) is 0 Å².